The van der Waals surface area contributed by atoms with Crippen LogP contribution in [0.15, 0.2) is 124 Å². The SMILES string of the molecule is CCN1C(=O)C(=C/C=C/N2CCCCC2C(=O)Oc2ccc([S+](c3ccccc3)c3ccccc3)cc2)C(=O)N(CC)C1=S. The fourth-order valence-electron chi connectivity index (χ4n) is 5.39. The Morgan fingerprint density at radius 3 is 1.93 bits per heavy atom. The third-order valence-electron chi connectivity index (χ3n) is 7.64. The highest BCUT2D eigenvalue weighted by molar-refractivity contribution is 7.97. The highest BCUT2D eigenvalue weighted by Gasteiger charge is 2.37. The summed E-state index contributed by atoms with van der Waals surface area (Å²) in [4.78, 5) is 47.6. The van der Waals surface area contributed by atoms with Crippen molar-refractivity contribution in [3.63, 3.8) is 0 Å². The van der Waals surface area contributed by atoms with E-state index in [1.54, 1.807) is 12.3 Å². The van der Waals surface area contributed by atoms with Gasteiger partial charge >= 0.3 is 5.97 Å². The highest BCUT2D eigenvalue weighted by Crippen LogP contribution is 2.32. The fourth-order valence-corrected chi connectivity index (χ4v) is 7.89. The van der Waals surface area contributed by atoms with Gasteiger partial charge in [0.1, 0.15) is 17.4 Å². The van der Waals surface area contributed by atoms with E-state index in [1.807, 2.05) is 55.1 Å². The van der Waals surface area contributed by atoms with Crippen LogP contribution in [0.4, 0.5) is 0 Å². The maximum absolute atomic E-state index is 13.4. The quantitative estimate of drug-likeness (QED) is 0.0728. The summed E-state index contributed by atoms with van der Waals surface area (Å²) in [5, 5.41) is 0.231. The molecule has 2 aliphatic heterocycles. The van der Waals surface area contributed by atoms with Crippen LogP contribution < -0.4 is 4.74 Å². The van der Waals surface area contributed by atoms with Crippen LogP contribution in [-0.2, 0) is 25.3 Å². The number of allylic oxidation sites excluding steroid dienone is 2. The number of esters is 1. The second-order valence-corrected chi connectivity index (χ2v) is 12.8. The van der Waals surface area contributed by atoms with E-state index >= 15 is 0 Å². The summed E-state index contributed by atoms with van der Waals surface area (Å²) >= 11 is 5.34. The molecule has 0 spiro atoms. The molecule has 3 aromatic carbocycles. The third-order valence-corrected chi connectivity index (χ3v) is 10.3. The molecule has 2 aliphatic rings. The van der Waals surface area contributed by atoms with Crippen molar-refractivity contribution >= 4 is 46.0 Å². The molecule has 1 unspecified atom stereocenters. The number of rotatable bonds is 9. The lowest BCUT2D eigenvalue weighted by atomic mass is 10.0. The third kappa shape index (κ3) is 6.79. The molecular weight excluding hydrogens is 591 g/mol. The van der Waals surface area contributed by atoms with E-state index in [-0.39, 0.29) is 27.5 Å². The van der Waals surface area contributed by atoms with E-state index in [1.165, 1.54) is 25.7 Å². The van der Waals surface area contributed by atoms with Gasteiger partial charge in [-0.15, -0.1) is 0 Å². The minimum absolute atomic E-state index is 0.0554. The second-order valence-electron chi connectivity index (χ2n) is 10.4. The standard InChI is InChI=1S/C35H36N3O4S2/c1-3-37-32(39)30(33(40)38(4-2)35(37)43)18-13-25-36-24-12-11-19-31(36)34(41)42-26-20-22-29(23-21-26)44(27-14-7-5-8-15-27)28-16-9-6-10-17-28/h5-10,13-18,20-23,25,31H,3-4,11-12,19,24H2,1-2H3/q+1/b25-13+. The number of nitrogens with zero attached hydrogens (tertiary/aromatic N) is 3. The molecule has 44 heavy (non-hydrogen) atoms. The van der Waals surface area contributed by atoms with Crippen molar-refractivity contribution in [1.82, 2.24) is 14.7 Å². The maximum Gasteiger partial charge on any atom is 0.334 e. The van der Waals surface area contributed by atoms with Gasteiger partial charge in [0.25, 0.3) is 11.8 Å². The lowest BCUT2D eigenvalue weighted by molar-refractivity contribution is -0.140. The molecule has 226 valence electrons. The van der Waals surface area contributed by atoms with Crippen molar-refractivity contribution in [2.45, 2.75) is 53.8 Å². The van der Waals surface area contributed by atoms with E-state index in [0.717, 1.165) is 17.7 Å². The number of thiocarbonyl (C=S) groups is 1. The van der Waals surface area contributed by atoms with Crippen LogP contribution in [0, 0.1) is 0 Å². The molecule has 3 aromatic rings. The van der Waals surface area contributed by atoms with Crippen LogP contribution in [0.25, 0.3) is 0 Å². The maximum atomic E-state index is 13.4. The predicted octanol–water partition coefficient (Wildman–Crippen LogP) is 5.98. The zero-order chi connectivity index (χ0) is 31.1. The molecule has 0 N–H and O–H groups in total. The molecule has 7 nitrogen and oxygen atoms in total. The van der Waals surface area contributed by atoms with E-state index < -0.39 is 17.9 Å². The van der Waals surface area contributed by atoms with Crippen molar-refractivity contribution in [2.24, 2.45) is 0 Å². The number of hydrogen-bond donors (Lipinski definition) is 0. The number of likely N-dealkylation sites (N-methyl/N-ethyl adjacent to an activating group) is 2. The molecule has 5 rings (SSSR count). The van der Waals surface area contributed by atoms with E-state index in [2.05, 4.69) is 48.5 Å². The molecule has 0 bridgehead atoms. The number of carbonyl (C=O) groups is 3. The Morgan fingerprint density at radius 2 is 1.39 bits per heavy atom. The summed E-state index contributed by atoms with van der Waals surface area (Å²) in [6.45, 7) is 5.07. The lowest BCUT2D eigenvalue weighted by Gasteiger charge is -2.35. The summed E-state index contributed by atoms with van der Waals surface area (Å²) in [6.07, 6.45) is 7.45. The number of amides is 2. The Hall–Kier alpha value is -4.21. The molecule has 0 aromatic heterocycles. The fraction of sp³-hybridized carbons (Fsp3) is 0.257. The van der Waals surface area contributed by atoms with Crippen LogP contribution in [0.1, 0.15) is 33.1 Å². The summed E-state index contributed by atoms with van der Waals surface area (Å²) in [5.74, 6) is -0.646. The zero-order valence-corrected chi connectivity index (χ0v) is 26.6. The van der Waals surface area contributed by atoms with Gasteiger partial charge in [0.2, 0.25) is 0 Å². The number of piperidine rings is 1. The van der Waals surface area contributed by atoms with Crippen LogP contribution in [0.5, 0.6) is 5.75 Å². The topological polar surface area (TPSA) is 70.2 Å². The van der Waals surface area contributed by atoms with Gasteiger partial charge in [-0.1, -0.05) is 36.4 Å². The van der Waals surface area contributed by atoms with Crippen LogP contribution in [0.2, 0.25) is 0 Å². The minimum atomic E-state index is -0.467. The number of carbonyl (C=O) groups excluding carboxylic acids is 3. The summed E-state index contributed by atoms with van der Waals surface area (Å²) in [7, 11) is -0.289. The van der Waals surface area contributed by atoms with Gasteiger partial charge in [0.05, 0.1) is 10.9 Å². The van der Waals surface area contributed by atoms with Gasteiger partial charge in [-0.2, -0.15) is 0 Å². The first kappa shape index (κ1) is 31.2. The van der Waals surface area contributed by atoms with Gasteiger partial charge in [-0.3, -0.25) is 19.4 Å². The minimum Gasteiger partial charge on any atom is -0.425 e. The van der Waals surface area contributed by atoms with E-state index in [4.69, 9.17) is 17.0 Å². The van der Waals surface area contributed by atoms with Crippen molar-refractivity contribution in [1.29, 1.82) is 0 Å². The van der Waals surface area contributed by atoms with Crippen molar-refractivity contribution < 1.29 is 19.1 Å². The Bertz CT molecular complexity index is 1490. The first-order chi connectivity index (χ1) is 21.4. The Morgan fingerprint density at radius 1 is 0.841 bits per heavy atom. The number of ether oxygens (including phenoxy) is 1. The van der Waals surface area contributed by atoms with Gasteiger partial charge in [0.15, 0.2) is 19.8 Å². The molecule has 2 heterocycles. The van der Waals surface area contributed by atoms with Crippen molar-refractivity contribution in [3.8, 4) is 5.75 Å². The van der Waals surface area contributed by atoms with Gasteiger partial charge < -0.3 is 9.64 Å². The molecule has 0 radical (unpaired) electrons. The first-order valence-corrected chi connectivity index (χ1v) is 16.5. The molecule has 2 fully saturated rings. The number of hydrogen-bond acceptors (Lipinski definition) is 6. The normalized spacial score (nSPS) is 17.5. The smallest absolute Gasteiger partial charge is 0.334 e. The zero-order valence-electron chi connectivity index (χ0n) is 24.9. The largest absolute Gasteiger partial charge is 0.425 e. The van der Waals surface area contributed by atoms with Crippen molar-refractivity contribution in [2.75, 3.05) is 19.6 Å². The Balaban J connectivity index is 1.30. The van der Waals surface area contributed by atoms with Gasteiger partial charge in [-0.05, 0) is 112 Å². The summed E-state index contributed by atoms with van der Waals surface area (Å²) in [5.41, 5.74) is 0.0554. The molecule has 2 saturated heterocycles. The second kappa shape index (κ2) is 14.5. The first-order valence-electron chi connectivity index (χ1n) is 14.9. The number of likely N-dealkylation sites (tertiary alicyclic amines) is 1. The van der Waals surface area contributed by atoms with E-state index in [0.29, 0.717) is 31.8 Å². The molecule has 9 heteroatoms. The molecular formula is C35H36N3O4S2+. The Kier molecular flexibility index (Phi) is 10.3. The summed E-state index contributed by atoms with van der Waals surface area (Å²) < 4.78 is 5.87. The van der Waals surface area contributed by atoms with Crippen LogP contribution in [0.3, 0.4) is 0 Å². The highest BCUT2D eigenvalue weighted by atomic mass is 32.2. The lowest BCUT2D eigenvalue weighted by Crippen LogP contribution is -2.55. The monoisotopic (exact) mass is 626 g/mol. The van der Waals surface area contributed by atoms with Gasteiger partial charge in [0, 0.05) is 19.6 Å². The molecule has 1 atom stereocenters. The van der Waals surface area contributed by atoms with Crippen LogP contribution >= 0.6 is 12.2 Å². The van der Waals surface area contributed by atoms with E-state index in [9.17, 15) is 14.4 Å². The van der Waals surface area contributed by atoms with Crippen LogP contribution in [-0.4, -0.2) is 63.3 Å². The average Bonchev–Trinajstić information content (AvgIpc) is 3.05. The number of benzene rings is 3. The Labute approximate surface area is 267 Å². The molecule has 0 saturated carbocycles. The summed E-state index contributed by atoms with van der Waals surface area (Å²) in [6, 6.07) is 28.1. The van der Waals surface area contributed by atoms with Crippen molar-refractivity contribution in [3.05, 3.63) is 109 Å². The average molecular weight is 627 g/mol. The molecule has 2 amide bonds. The predicted molar refractivity (Wildman–Crippen MR) is 176 cm³/mol. The van der Waals surface area contributed by atoms with Gasteiger partial charge in [-0.25, -0.2) is 4.79 Å². The molecule has 0 aliphatic carbocycles.